The van der Waals surface area contributed by atoms with Crippen LogP contribution in [0.5, 0.6) is 0 Å². The molecule has 0 aliphatic carbocycles. The fourth-order valence-electron chi connectivity index (χ4n) is 4.78. The van der Waals surface area contributed by atoms with E-state index in [9.17, 15) is 9.59 Å². The molecule has 2 atom stereocenters. The molecule has 5 rings (SSSR count). The molecule has 1 N–H and O–H groups in total. The van der Waals surface area contributed by atoms with Gasteiger partial charge in [-0.25, -0.2) is 4.68 Å². The number of anilines is 1. The summed E-state index contributed by atoms with van der Waals surface area (Å²) in [6.07, 6.45) is 5.12. The van der Waals surface area contributed by atoms with Crippen LogP contribution >= 0.6 is 0 Å². The van der Waals surface area contributed by atoms with Gasteiger partial charge in [-0.15, -0.1) is 5.10 Å². The Kier molecular flexibility index (Phi) is 7.74. The van der Waals surface area contributed by atoms with Crippen LogP contribution in [0.15, 0.2) is 73.1 Å². The topological polar surface area (TPSA) is 102 Å². The van der Waals surface area contributed by atoms with Crippen molar-refractivity contribution < 1.29 is 14.3 Å². The minimum absolute atomic E-state index is 0.0203. The van der Waals surface area contributed by atoms with Crippen molar-refractivity contribution in [2.75, 3.05) is 18.1 Å². The standard InChI is InChI=1S/C29H32N6O3/c1-20(2)21-9-11-23(12-10-21)35(27(36)19-34-26-8-4-3-7-25(26)32-33-34)28(22-13-15-30-16-14-22)29(37)31-18-24-6-5-17-38-24/h3-4,7-16,20,24,28H,5-6,17-19H2,1-2H3,(H,31,37)/t24-,28-/m1/s1. The summed E-state index contributed by atoms with van der Waals surface area (Å²) < 4.78 is 7.27. The van der Waals surface area contributed by atoms with Crippen LogP contribution < -0.4 is 10.2 Å². The number of ether oxygens (including phenoxy) is 1. The Morgan fingerprint density at radius 1 is 1.05 bits per heavy atom. The highest BCUT2D eigenvalue weighted by atomic mass is 16.5. The number of rotatable bonds is 9. The van der Waals surface area contributed by atoms with E-state index in [1.54, 1.807) is 34.1 Å². The van der Waals surface area contributed by atoms with Gasteiger partial charge in [0, 0.05) is 31.2 Å². The molecule has 1 aliphatic heterocycles. The zero-order chi connectivity index (χ0) is 26.5. The monoisotopic (exact) mass is 512 g/mol. The first-order valence-electron chi connectivity index (χ1n) is 13.0. The molecule has 0 saturated carbocycles. The fourth-order valence-corrected chi connectivity index (χ4v) is 4.78. The molecule has 2 aromatic carbocycles. The largest absolute Gasteiger partial charge is 0.376 e. The molecule has 9 heteroatoms. The van der Waals surface area contributed by atoms with E-state index in [1.165, 1.54) is 0 Å². The van der Waals surface area contributed by atoms with Crippen LogP contribution in [0.25, 0.3) is 11.0 Å². The molecule has 3 heterocycles. The molecule has 2 amide bonds. The molecule has 38 heavy (non-hydrogen) atoms. The Balaban J connectivity index is 1.52. The van der Waals surface area contributed by atoms with Crippen molar-refractivity contribution in [3.05, 3.63) is 84.2 Å². The van der Waals surface area contributed by atoms with Gasteiger partial charge in [0.05, 0.1) is 11.6 Å². The second kappa shape index (κ2) is 11.5. The van der Waals surface area contributed by atoms with Crippen LogP contribution in [0.2, 0.25) is 0 Å². The first-order valence-corrected chi connectivity index (χ1v) is 13.0. The number of benzene rings is 2. The van der Waals surface area contributed by atoms with Crippen LogP contribution in [0.3, 0.4) is 0 Å². The number of amides is 2. The van der Waals surface area contributed by atoms with E-state index in [4.69, 9.17) is 4.74 Å². The number of nitrogens with zero attached hydrogens (tertiary/aromatic N) is 5. The minimum Gasteiger partial charge on any atom is -0.376 e. The predicted molar refractivity (Wildman–Crippen MR) is 145 cm³/mol. The number of hydrogen-bond acceptors (Lipinski definition) is 6. The predicted octanol–water partition coefficient (Wildman–Crippen LogP) is 4.02. The number of aromatic nitrogens is 4. The molecular formula is C29H32N6O3. The molecule has 1 fully saturated rings. The van der Waals surface area contributed by atoms with Gasteiger partial charge in [-0.3, -0.25) is 19.5 Å². The lowest BCUT2D eigenvalue weighted by Gasteiger charge is -2.32. The van der Waals surface area contributed by atoms with Crippen LogP contribution in [-0.2, 0) is 20.9 Å². The maximum Gasteiger partial charge on any atom is 0.249 e. The van der Waals surface area contributed by atoms with Crippen LogP contribution in [0, 0.1) is 0 Å². The third kappa shape index (κ3) is 5.57. The summed E-state index contributed by atoms with van der Waals surface area (Å²) in [5.41, 5.74) is 3.88. The number of carbonyl (C=O) groups excluding carboxylic acids is 2. The zero-order valence-corrected chi connectivity index (χ0v) is 21.7. The Morgan fingerprint density at radius 2 is 1.82 bits per heavy atom. The van der Waals surface area contributed by atoms with E-state index < -0.39 is 6.04 Å². The van der Waals surface area contributed by atoms with E-state index in [-0.39, 0.29) is 24.5 Å². The first kappa shape index (κ1) is 25.5. The lowest BCUT2D eigenvalue weighted by molar-refractivity contribution is -0.127. The van der Waals surface area contributed by atoms with E-state index >= 15 is 0 Å². The summed E-state index contributed by atoms with van der Waals surface area (Å²) in [6, 6.07) is 17.9. The molecule has 4 aromatic rings. The third-order valence-corrected chi connectivity index (χ3v) is 6.87. The van der Waals surface area contributed by atoms with Crippen molar-refractivity contribution in [3.63, 3.8) is 0 Å². The first-order chi connectivity index (χ1) is 18.5. The van der Waals surface area contributed by atoms with Crippen LogP contribution in [0.1, 0.15) is 49.8 Å². The number of fused-ring (bicyclic) bond motifs is 1. The number of nitrogens with one attached hydrogen (secondary N) is 1. The van der Waals surface area contributed by atoms with Crippen LogP contribution in [-0.4, -0.2) is 51.0 Å². The van der Waals surface area contributed by atoms with Crippen molar-refractivity contribution in [3.8, 4) is 0 Å². The van der Waals surface area contributed by atoms with Gasteiger partial charge in [-0.1, -0.05) is 43.3 Å². The summed E-state index contributed by atoms with van der Waals surface area (Å²) in [6.45, 7) is 5.25. The normalized spacial score (nSPS) is 16.0. The molecule has 2 aromatic heterocycles. The molecule has 0 radical (unpaired) electrons. The third-order valence-electron chi connectivity index (χ3n) is 6.87. The van der Waals surface area contributed by atoms with Crippen molar-refractivity contribution in [2.45, 2.75) is 51.3 Å². The zero-order valence-electron chi connectivity index (χ0n) is 21.7. The maximum atomic E-state index is 14.1. The number of para-hydroxylation sites is 1. The lowest BCUT2D eigenvalue weighted by atomic mass is 10.0. The number of carbonyl (C=O) groups is 2. The summed E-state index contributed by atoms with van der Waals surface area (Å²) in [5.74, 6) is -0.233. The summed E-state index contributed by atoms with van der Waals surface area (Å²) in [4.78, 5) is 33.5. The Morgan fingerprint density at radius 3 is 2.53 bits per heavy atom. The summed E-state index contributed by atoms with van der Waals surface area (Å²) >= 11 is 0. The highest BCUT2D eigenvalue weighted by molar-refractivity contribution is 6.01. The van der Waals surface area contributed by atoms with E-state index in [1.807, 2.05) is 48.5 Å². The van der Waals surface area contributed by atoms with E-state index in [0.717, 1.165) is 23.9 Å². The average molecular weight is 513 g/mol. The number of pyridine rings is 1. The SMILES string of the molecule is CC(C)c1ccc(N(C(=O)Cn2nnc3ccccc32)[C@@H](C(=O)NC[C@H]2CCCO2)c2ccncc2)cc1. The molecule has 196 valence electrons. The van der Waals surface area contributed by atoms with Crippen LogP contribution in [0.4, 0.5) is 5.69 Å². The summed E-state index contributed by atoms with van der Waals surface area (Å²) in [7, 11) is 0. The second-order valence-electron chi connectivity index (χ2n) is 9.81. The highest BCUT2D eigenvalue weighted by Crippen LogP contribution is 2.30. The smallest absolute Gasteiger partial charge is 0.249 e. The second-order valence-corrected chi connectivity index (χ2v) is 9.81. The Bertz CT molecular complexity index is 1380. The molecule has 1 saturated heterocycles. The van der Waals surface area contributed by atoms with Crippen molar-refractivity contribution in [1.82, 2.24) is 25.3 Å². The molecule has 9 nitrogen and oxygen atoms in total. The molecular weight excluding hydrogens is 480 g/mol. The van der Waals surface area contributed by atoms with Gasteiger partial charge in [0.15, 0.2) is 0 Å². The molecule has 0 spiro atoms. The maximum absolute atomic E-state index is 14.1. The van der Waals surface area contributed by atoms with E-state index in [2.05, 4.69) is 34.5 Å². The van der Waals surface area contributed by atoms with Gasteiger partial charge >= 0.3 is 0 Å². The average Bonchev–Trinajstić information content (AvgIpc) is 3.61. The minimum atomic E-state index is -0.911. The van der Waals surface area contributed by atoms with Gasteiger partial charge in [0.25, 0.3) is 0 Å². The van der Waals surface area contributed by atoms with Crippen molar-refractivity contribution in [2.24, 2.45) is 0 Å². The van der Waals surface area contributed by atoms with E-state index in [0.29, 0.717) is 35.8 Å². The van der Waals surface area contributed by atoms with Gasteiger partial charge in [0.2, 0.25) is 11.8 Å². The van der Waals surface area contributed by atoms with Crippen molar-refractivity contribution >= 4 is 28.5 Å². The lowest BCUT2D eigenvalue weighted by Crippen LogP contribution is -2.46. The summed E-state index contributed by atoms with van der Waals surface area (Å²) in [5, 5.41) is 11.4. The molecule has 0 unspecified atom stereocenters. The Labute approximate surface area is 221 Å². The van der Waals surface area contributed by atoms with Gasteiger partial charge < -0.3 is 10.1 Å². The molecule has 1 aliphatic rings. The van der Waals surface area contributed by atoms with Gasteiger partial charge in [0.1, 0.15) is 18.1 Å². The molecule has 0 bridgehead atoms. The Hall–Kier alpha value is -4.11. The fraction of sp³-hybridized carbons (Fsp3) is 0.345. The van der Waals surface area contributed by atoms with Gasteiger partial charge in [-0.2, -0.15) is 0 Å². The van der Waals surface area contributed by atoms with Gasteiger partial charge in [-0.05, 0) is 66.3 Å². The highest BCUT2D eigenvalue weighted by Gasteiger charge is 2.34. The number of hydrogen-bond donors (Lipinski definition) is 1. The quantitative estimate of drug-likeness (QED) is 0.363. The van der Waals surface area contributed by atoms with Crippen molar-refractivity contribution in [1.29, 1.82) is 0 Å².